The van der Waals surface area contributed by atoms with Gasteiger partial charge in [0, 0.05) is 36.0 Å². The molecule has 1 aliphatic heterocycles. The molecule has 132 valence electrons. The molecule has 1 unspecified atom stereocenters. The molecule has 2 aromatic rings. The van der Waals surface area contributed by atoms with E-state index in [1.54, 1.807) is 13.3 Å². The molecule has 0 spiro atoms. The highest BCUT2D eigenvalue weighted by atomic mass is 16.5. The number of pyridine rings is 1. The number of rotatable bonds is 6. The number of benzene rings is 1. The molecule has 1 amide bonds. The van der Waals surface area contributed by atoms with Crippen LogP contribution in [0.1, 0.15) is 29.6 Å². The van der Waals surface area contributed by atoms with E-state index in [1.165, 1.54) is 19.4 Å². The van der Waals surface area contributed by atoms with E-state index in [-0.39, 0.29) is 5.91 Å². The van der Waals surface area contributed by atoms with Crippen molar-refractivity contribution in [3.05, 3.63) is 48.2 Å². The third-order valence-electron chi connectivity index (χ3n) is 4.86. The molecule has 1 aromatic carbocycles. The summed E-state index contributed by atoms with van der Waals surface area (Å²) in [6, 6.07) is 12.0. The zero-order chi connectivity index (χ0) is 17.6. The average molecular weight is 339 g/mol. The van der Waals surface area contributed by atoms with E-state index in [2.05, 4.69) is 22.2 Å². The Morgan fingerprint density at radius 3 is 2.60 bits per heavy atom. The minimum Gasteiger partial charge on any atom is -0.481 e. The highest BCUT2D eigenvalue weighted by Crippen LogP contribution is 2.21. The maximum absolute atomic E-state index is 12.3. The molecule has 2 heterocycles. The predicted octanol–water partition coefficient (Wildman–Crippen LogP) is 2.97. The number of methoxy groups -OCH3 is 1. The monoisotopic (exact) mass is 339 g/mol. The molecule has 0 radical (unpaired) electrons. The Morgan fingerprint density at radius 1 is 1.24 bits per heavy atom. The standard InChI is InChI=1S/C20H25N3O2/c1-23-13-3-4-18(23)11-12-21-20(24)16-7-5-15(6-8-16)17-9-10-19(25-2)22-14-17/h5-10,14,18H,3-4,11-13H2,1-2H3,(H,21,24). The summed E-state index contributed by atoms with van der Waals surface area (Å²) in [5.74, 6) is 0.577. The second kappa shape index (κ2) is 8.12. The van der Waals surface area contributed by atoms with Crippen LogP contribution >= 0.6 is 0 Å². The third-order valence-corrected chi connectivity index (χ3v) is 4.86. The fraction of sp³-hybridized carbons (Fsp3) is 0.400. The molecule has 1 N–H and O–H groups in total. The Balaban J connectivity index is 1.54. The predicted molar refractivity (Wildman–Crippen MR) is 98.8 cm³/mol. The number of nitrogens with zero attached hydrogens (tertiary/aromatic N) is 2. The molecule has 1 atom stereocenters. The number of hydrogen-bond donors (Lipinski definition) is 1. The highest BCUT2D eigenvalue weighted by Gasteiger charge is 2.20. The van der Waals surface area contributed by atoms with Crippen LogP contribution in [0.3, 0.4) is 0 Å². The SMILES string of the molecule is COc1ccc(-c2ccc(C(=O)NCCC3CCCN3C)cc2)cn1. The summed E-state index contributed by atoms with van der Waals surface area (Å²) >= 11 is 0. The number of aromatic nitrogens is 1. The van der Waals surface area contributed by atoms with Crippen molar-refractivity contribution in [3.63, 3.8) is 0 Å². The van der Waals surface area contributed by atoms with Crippen molar-refractivity contribution in [2.75, 3.05) is 27.2 Å². The molecule has 1 saturated heterocycles. The van der Waals surface area contributed by atoms with Gasteiger partial charge < -0.3 is 15.0 Å². The van der Waals surface area contributed by atoms with E-state index in [4.69, 9.17) is 4.74 Å². The first-order valence-electron chi connectivity index (χ1n) is 8.76. The highest BCUT2D eigenvalue weighted by molar-refractivity contribution is 5.94. The van der Waals surface area contributed by atoms with E-state index in [9.17, 15) is 4.79 Å². The number of ether oxygens (including phenoxy) is 1. The van der Waals surface area contributed by atoms with Gasteiger partial charge in [-0.15, -0.1) is 0 Å². The lowest BCUT2D eigenvalue weighted by Gasteiger charge is -2.19. The maximum Gasteiger partial charge on any atom is 0.251 e. The van der Waals surface area contributed by atoms with Crippen molar-refractivity contribution in [2.24, 2.45) is 0 Å². The molecule has 1 aliphatic rings. The van der Waals surface area contributed by atoms with Crippen molar-refractivity contribution < 1.29 is 9.53 Å². The van der Waals surface area contributed by atoms with Crippen LogP contribution in [0.5, 0.6) is 5.88 Å². The summed E-state index contributed by atoms with van der Waals surface area (Å²) in [6.07, 6.45) is 5.28. The van der Waals surface area contributed by atoms with Crippen molar-refractivity contribution in [1.82, 2.24) is 15.2 Å². The largest absolute Gasteiger partial charge is 0.481 e. The van der Waals surface area contributed by atoms with E-state index >= 15 is 0 Å². The molecule has 1 aromatic heterocycles. The van der Waals surface area contributed by atoms with Gasteiger partial charge in [-0.3, -0.25) is 4.79 Å². The average Bonchev–Trinajstić information content (AvgIpc) is 3.07. The van der Waals surface area contributed by atoms with Gasteiger partial charge in [-0.1, -0.05) is 12.1 Å². The second-order valence-electron chi connectivity index (χ2n) is 6.49. The lowest BCUT2D eigenvalue weighted by atomic mass is 10.1. The quantitative estimate of drug-likeness (QED) is 0.879. The Morgan fingerprint density at radius 2 is 2.00 bits per heavy atom. The van der Waals surface area contributed by atoms with Gasteiger partial charge >= 0.3 is 0 Å². The zero-order valence-corrected chi connectivity index (χ0v) is 14.9. The van der Waals surface area contributed by atoms with Crippen LogP contribution in [0.15, 0.2) is 42.6 Å². The van der Waals surface area contributed by atoms with Crippen LogP contribution < -0.4 is 10.1 Å². The van der Waals surface area contributed by atoms with E-state index in [0.717, 1.165) is 24.1 Å². The van der Waals surface area contributed by atoms with Crippen LogP contribution in [-0.2, 0) is 0 Å². The molecule has 3 rings (SSSR count). The summed E-state index contributed by atoms with van der Waals surface area (Å²) in [5, 5.41) is 3.03. The topological polar surface area (TPSA) is 54.5 Å². The first-order chi connectivity index (χ1) is 12.2. The van der Waals surface area contributed by atoms with Gasteiger partial charge in [0.15, 0.2) is 0 Å². The van der Waals surface area contributed by atoms with E-state index in [1.807, 2.05) is 36.4 Å². The Labute approximate surface area is 149 Å². The van der Waals surface area contributed by atoms with Crippen molar-refractivity contribution in [3.8, 4) is 17.0 Å². The molecule has 0 bridgehead atoms. The van der Waals surface area contributed by atoms with Gasteiger partial charge in [-0.2, -0.15) is 0 Å². The van der Waals surface area contributed by atoms with Crippen molar-refractivity contribution in [2.45, 2.75) is 25.3 Å². The van der Waals surface area contributed by atoms with E-state index < -0.39 is 0 Å². The fourth-order valence-corrected chi connectivity index (χ4v) is 3.28. The summed E-state index contributed by atoms with van der Waals surface area (Å²) in [5.41, 5.74) is 2.71. The number of nitrogens with one attached hydrogen (secondary N) is 1. The summed E-state index contributed by atoms with van der Waals surface area (Å²) in [7, 11) is 3.76. The summed E-state index contributed by atoms with van der Waals surface area (Å²) in [4.78, 5) is 18.9. The lowest BCUT2D eigenvalue weighted by Crippen LogP contribution is -2.31. The van der Waals surface area contributed by atoms with Crippen molar-refractivity contribution in [1.29, 1.82) is 0 Å². The van der Waals surface area contributed by atoms with Crippen LogP contribution in [0, 0.1) is 0 Å². The first-order valence-corrected chi connectivity index (χ1v) is 8.76. The van der Waals surface area contributed by atoms with E-state index in [0.29, 0.717) is 17.5 Å². The Hall–Kier alpha value is -2.40. The summed E-state index contributed by atoms with van der Waals surface area (Å²) in [6.45, 7) is 1.89. The molecule has 0 aliphatic carbocycles. The number of amides is 1. The fourth-order valence-electron chi connectivity index (χ4n) is 3.28. The maximum atomic E-state index is 12.3. The summed E-state index contributed by atoms with van der Waals surface area (Å²) < 4.78 is 5.07. The molecular formula is C20H25N3O2. The van der Waals surface area contributed by atoms with Crippen molar-refractivity contribution >= 4 is 5.91 Å². The Bertz CT molecular complexity index is 698. The number of carbonyl (C=O) groups is 1. The lowest BCUT2D eigenvalue weighted by molar-refractivity contribution is 0.0950. The molecule has 5 heteroatoms. The molecular weight excluding hydrogens is 314 g/mol. The second-order valence-corrected chi connectivity index (χ2v) is 6.49. The first kappa shape index (κ1) is 17.4. The molecule has 5 nitrogen and oxygen atoms in total. The number of carbonyl (C=O) groups excluding carboxylic acids is 1. The molecule has 25 heavy (non-hydrogen) atoms. The van der Waals surface area contributed by atoms with Gasteiger partial charge in [-0.25, -0.2) is 4.98 Å². The van der Waals surface area contributed by atoms with Gasteiger partial charge in [-0.05, 0) is 56.6 Å². The number of likely N-dealkylation sites (tertiary alicyclic amines) is 1. The van der Waals surface area contributed by atoms with Gasteiger partial charge in [0.05, 0.1) is 7.11 Å². The molecule has 1 fully saturated rings. The zero-order valence-electron chi connectivity index (χ0n) is 14.9. The smallest absolute Gasteiger partial charge is 0.251 e. The number of hydrogen-bond acceptors (Lipinski definition) is 4. The Kier molecular flexibility index (Phi) is 5.66. The van der Waals surface area contributed by atoms with Crippen LogP contribution in [0.25, 0.3) is 11.1 Å². The van der Waals surface area contributed by atoms with Gasteiger partial charge in [0.2, 0.25) is 5.88 Å². The van der Waals surface area contributed by atoms with Crippen LogP contribution in [0.2, 0.25) is 0 Å². The van der Waals surface area contributed by atoms with Gasteiger partial charge in [0.25, 0.3) is 5.91 Å². The minimum absolute atomic E-state index is 0.0138. The molecule has 0 saturated carbocycles. The normalized spacial score (nSPS) is 17.4. The van der Waals surface area contributed by atoms with Crippen LogP contribution in [-0.4, -0.2) is 49.1 Å². The minimum atomic E-state index is -0.0138. The van der Waals surface area contributed by atoms with Crippen LogP contribution in [0.4, 0.5) is 0 Å². The third kappa shape index (κ3) is 4.37. The van der Waals surface area contributed by atoms with Gasteiger partial charge in [0.1, 0.15) is 0 Å².